The molecule has 2 atom stereocenters. The third-order valence-corrected chi connectivity index (χ3v) is 5.74. The van der Waals surface area contributed by atoms with Gasteiger partial charge in [0.25, 0.3) is 0 Å². The van der Waals surface area contributed by atoms with Crippen molar-refractivity contribution < 1.29 is 9.84 Å². The van der Waals surface area contributed by atoms with Crippen LogP contribution in [0.25, 0.3) is 0 Å². The van der Waals surface area contributed by atoms with Crippen molar-refractivity contribution in [3.05, 3.63) is 61.9 Å². The van der Waals surface area contributed by atoms with Gasteiger partial charge >= 0.3 is 0 Å². The Hall–Kier alpha value is -1.10. The number of rotatable bonds is 6. The molecule has 0 aliphatic carbocycles. The minimum atomic E-state index is -0.766. The Morgan fingerprint density at radius 2 is 2.04 bits per heavy atom. The normalized spacial score (nSPS) is 12.8. The summed E-state index contributed by atoms with van der Waals surface area (Å²) in [5, 5.41) is 18.3. The molecule has 0 saturated carbocycles. The van der Waals surface area contributed by atoms with Gasteiger partial charge in [0, 0.05) is 29.2 Å². The molecule has 132 valence electrons. The third kappa shape index (κ3) is 4.02. The molecule has 2 unspecified atom stereocenters. The molecule has 1 aromatic carbocycles. The van der Waals surface area contributed by atoms with Gasteiger partial charge in [0.1, 0.15) is 17.5 Å². The lowest BCUT2D eigenvalue weighted by Crippen LogP contribution is -2.01. The molecule has 3 aromatic rings. The molecule has 3 rings (SSSR count). The van der Waals surface area contributed by atoms with Gasteiger partial charge in [-0.25, -0.2) is 4.45 Å². The van der Waals surface area contributed by atoms with Crippen molar-refractivity contribution in [2.45, 2.75) is 19.4 Å². The highest BCUT2D eigenvalue weighted by Crippen LogP contribution is 2.38. The minimum Gasteiger partial charge on any atom is -0.439 e. The number of aliphatic hydroxyl groups is 1. The minimum absolute atomic E-state index is 0.360. The lowest BCUT2D eigenvalue weighted by Gasteiger charge is -2.11. The van der Waals surface area contributed by atoms with Crippen LogP contribution in [0.2, 0.25) is 10.0 Å². The Morgan fingerprint density at radius 3 is 2.60 bits per heavy atom. The fraction of sp³-hybridized carbons (Fsp3) is 0.235. The standard InChI is InChI=1S/C17H17Cl2N2O2PS/c1-3-13-15(16(22)14-5-4-6-25-14)20-21(24-2)17(13)23-12-8-10(18)7-11(19)9-12/h4-9,16,22,24H,3H2,1-2H3. The monoisotopic (exact) mass is 414 g/mol. The summed E-state index contributed by atoms with van der Waals surface area (Å²) in [7, 11) is 0.360. The molecule has 0 amide bonds. The number of benzene rings is 1. The van der Waals surface area contributed by atoms with Crippen molar-refractivity contribution in [2.75, 3.05) is 6.66 Å². The van der Waals surface area contributed by atoms with E-state index in [1.807, 2.05) is 31.1 Å². The van der Waals surface area contributed by atoms with Crippen LogP contribution in [-0.4, -0.2) is 21.3 Å². The van der Waals surface area contributed by atoms with Crippen LogP contribution in [0.4, 0.5) is 0 Å². The van der Waals surface area contributed by atoms with E-state index in [2.05, 4.69) is 5.10 Å². The summed E-state index contributed by atoms with van der Waals surface area (Å²) in [5.74, 6) is 1.16. The molecular weight excluding hydrogens is 398 g/mol. The highest BCUT2D eigenvalue weighted by molar-refractivity contribution is 7.35. The first-order chi connectivity index (χ1) is 12.0. The zero-order valence-electron chi connectivity index (χ0n) is 13.7. The summed E-state index contributed by atoms with van der Waals surface area (Å²) < 4.78 is 7.84. The zero-order valence-corrected chi connectivity index (χ0v) is 17.0. The van der Waals surface area contributed by atoms with E-state index in [0.29, 0.717) is 42.5 Å². The van der Waals surface area contributed by atoms with E-state index >= 15 is 0 Å². The van der Waals surface area contributed by atoms with Gasteiger partial charge in [-0.05, 0) is 42.7 Å². The number of hydrogen-bond donors (Lipinski definition) is 1. The van der Waals surface area contributed by atoms with Crippen LogP contribution in [0.5, 0.6) is 11.6 Å². The Bertz CT molecular complexity index is 848. The predicted molar refractivity (Wildman–Crippen MR) is 106 cm³/mol. The van der Waals surface area contributed by atoms with Crippen molar-refractivity contribution in [3.63, 3.8) is 0 Å². The molecule has 2 heterocycles. The van der Waals surface area contributed by atoms with Gasteiger partial charge in [0.05, 0.1) is 0 Å². The second-order valence-electron chi connectivity index (χ2n) is 5.28. The Balaban J connectivity index is 2.03. The number of ether oxygens (including phenoxy) is 1. The van der Waals surface area contributed by atoms with E-state index in [0.717, 1.165) is 10.4 Å². The average molecular weight is 415 g/mol. The number of thiophene rings is 1. The van der Waals surface area contributed by atoms with Crippen LogP contribution in [0.15, 0.2) is 35.7 Å². The van der Waals surface area contributed by atoms with Gasteiger partial charge in [-0.15, -0.1) is 11.3 Å². The zero-order chi connectivity index (χ0) is 18.0. The molecular formula is C17H17Cl2N2O2PS. The quantitative estimate of drug-likeness (QED) is 0.521. The Kier molecular flexibility index (Phi) is 6.03. The summed E-state index contributed by atoms with van der Waals surface area (Å²) >= 11 is 13.6. The largest absolute Gasteiger partial charge is 0.439 e. The molecule has 0 saturated heterocycles. The van der Waals surface area contributed by atoms with Crippen LogP contribution < -0.4 is 4.74 Å². The van der Waals surface area contributed by atoms with Gasteiger partial charge in [0.15, 0.2) is 0 Å². The van der Waals surface area contributed by atoms with Crippen molar-refractivity contribution in [1.29, 1.82) is 0 Å². The van der Waals surface area contributed by atoms with E-state index < -0.39 is 6.10 Å². The summed E-state index contributed by atoms with van der Waals surface area (Å²) in [6.07, 6.45) is -0.0795. The van der Waals surface area contributed by atoms with E-state index in [1.54, 1.807) is 22.7 Å². The highest BCUT2D eigenvalue weighted by atomic mass is 35.5. The first kappa shape index (κ1) is 18.7. The smallest absolute Gasteiger partial charge is 0.224 e. The number of hydrogen-bond acceptors (Lipinski definition) is 4. The van der Waals surface area contributed by atoms with Gasteiger partial charge in [-0.3, -0.25) is 0 Å². The van der Waals surface area contributed by atoms with Crippen LogP contribution >= 0.6 is 43.3 Å². The third-order valence-electron chi connectivity index (χ3n) is 3.66. The predicted octanol–water partition coefficient (Wildman–Crippen LogP) is 5.76. The maximum absolute atomic E-state index is 10.7. The van der Waals surface area contributed by atoms with Crippen molar-refractivity contribution in [1.82, 2.24) is 9.55 Å². The summed E-state index contributed by atoms with van der Waals surface area (Å²) in [6.45, 7) is 4.02. The molecule has 0 bridgehead atoms. The van der Waals surface area contributed by atoms with Gasteiger partial charge in [-0.1, -0.05) is 36.2 Å². The molecule has 0 spiro atoms. The topological polar surface area (TPSA) is 47.3 Å². The Labute approximate surface area is 162 Å². The van der Waals surface area contributed by atoms with Crippen molar-refractivity contribution >= 4 is 43.3 Å². The van der Waals surface area contributed by atoms with E-state index in [9.17, 15) is 5.11 Å². The van der Waals surface area contributed by atoms with E-state index in [-0.39, 0.29) is 0 Å². The van der Waals surface area contributed by atoms with Crippen molar-refractivity contribution in [2.24, 2.45) is 0 Å². The summed E-state index contributed by atoms with van der Waals surface area (Å²) in [5.41, 5.74) is 1.51. The van der Waals surface area contributed by atoms with Gasteiger partial charge in [-0.2, -0.15) is 5.10 Å². The van der Waals surface area contributed by atoms with Crippen LogP contribution in [-0.2, 0) is 6.42 Å². The lowest BCUT2D eigenvalue weighted by molar-refractivity contribution is 0.217. The Morgan fingerprint density at radius 1 is 1.32 bits per heavy atom. The van der Waals surface area contributed by atoms with Gasteiger partial charge < -0.3 is 9.84 Å². The second-order valence-corrected chi connectivity index (χ2v) is 8.01. The van der Waals surface area contributed by atoms with Gasteiger partial charge in [0.2, 0.25) is 5.88 Å². The second kappa shape index (κ2) is 8.07. The average Bonchev–Trinajstić information content (AvgIpc) is 3.21. The van der Waals surface area contributed by atoms with Crippen LogP contribution in [0.3, 0.4) is 0 Å². The van der Waals surface area contributed by atoms with Crippen LogP contribution in [0.1, 0.15) is 29.2 Å². The molecule has 1 N–H and O–H groups in total. The molecule has 25 heavy (non-hydrogen) atoms. The number of nitrogens with zero attached hydrogens (tertiary/aromatic N) is 2. The number of halogens is 2. The molecule has 4 nitrogen and oxygen atoms in total. The lowest BCUT2D eigenvalue weighted by atomic mass is 10.1. The first-order valence-corrected chi connectivity index (χ1v) is 10.8. The maximum Gasteiger partial charge on any atom is 0.224 e. The van der Waals surface area contributed by atoms with E-state index in [1.165, 1.54) is 11.3 Å². The van der Waals surface area contributed by atoms with Crippen molar-refractivity contribution in [3.8, 4) is 11.6 Å². The van der Waals surface area contributed by atoms with E-state index in [4.69, 9.17) is 27.9 Å². The maximum atomic E-state index is 10.7. The molecule has 8 heteroatoms. The molecule has 0 fully saturated rings. The SMILES string of the molecule is CCc1c(C(O)c2cccs2)nn(PC)c1Oc1cc(Cl)cc(Cl)c1. The highest BCUT2D eigenvalue weighted by Gasteiger charge is 2.25. The molecule has 0 aliphatic rings. The fourth-order valence-corrected chi connectivity index (χ4v) is 4.35. The first-order valence-electron chi connectivity index (χ1n) is 7.68. The summed E-state index contributed by atoms with van der Waals surface area (Å²) in [4.78, 5) is 0.858. The fourth-order valence-electron chi connectivity index (χ4n) is 2.54. The van der Waals surface area contributed by atoms with Crippen LogP contribution in [0, 0.1) is 0 Å². The molecule has 2 aromatic heterocycles. The number of aliphatic hydroxyl groups excluding tert-OH is 1. The molecule has 0 aliphatic heterocycles. The summed E-state index contributed by atoms with van der Waals surface area (Å²) in [6, 6.07) is 8.89. The molecule has 0 radical (unpaired) electrons. The number of aromatic nitrogens is 2.